The van der Waals surface area contributed by atoms with E-state index in [-0.39, 0.29) is 6.54 Å². The van der Waals surface area contributed by atoms with Crippen LogP contribution in [0.1, 0.15) is 19.8 Å². The number of unbranched alkanes of at least 4 members (excludes halogenated alkanes) is 1. The van der Waals surface area contributed by atoms with Crippen LogP contribution in [-0.4, -0.2) is 19.1 Å². The summed E-state index contributed by atoms with van der Waals surface area (Å²) in [4.78, 5) is 10.4. The molecular weight excluding hydrogens is 137 g/mol. The fourth-order valence-corrected chi connectivity index (χ4v) is 0.436. The highest BCUT2D eigenvalue weighted by atomic mass is 19.2. The summed E-state index contributed by atoms with van der Waals surface area (Å²) in [6.45, 7) is 2.02. The van der Waals surface area contributed by atoms with Crippen LogP contribution in [0.25, 0.3) is 0 Å². The minimum Gasteiger partial charge on any atom is -0.465 e. The number of carbonyl (C=O) groups excluding carboxylic acids is 1. The Hall–Kier alpha value is -0.640. The van der Waals surface area contributed by atoms with Crippen LogP contribution in [-0.2, 0) is 9.53 Å². The molecule has 60 valence electrons. The second-order valence-corrected chi connectivity index (χ2v) is 1.88. The molecule has 0 saturated heterocycles. The minimum absolute atomic E-state index is 0.357. The maximum atomic E-state index is 11.2. The number of nitrogens with one attached hydrogen (secondary N) is 1. The lowest BCUT2D eigenvalue weighted by Gasteiger charge is -2.00. The van der Waals surface area contributed by atoms with Gasteiger partial charge in [-0.05, 0) is 6.42 Å². The number of rotatable bonds is 5. The van der Waals surface area contributed by atoms with Gasteiger partial charge in [0.05, 0.1) is 6.61 Å². The van der Waals surface area contributed by atoms with Crippen molar-refractivity contribution in [3.8, 4) is 0 Å². The number of hydrogen-bond donors (Lipinski definition) is 1. The molecule has 0 aromatic heterocycles. The van der Waals surface area contributed by atoms with E-state index in [1.165, 1.54) is 5.54 Å². The highest BCUT2D eigenvalue weighted by Crippen LogP contribution is 1.87. The third-order valence-electron chi connectivity index (χ3n) is 0.972. The van der Waals surface area contributed by atoms with Crippen LogP contribution in [0.15, 0.2) is 0 Å². The fraction of sp³-hybridized carbons (Fsp3) is 0.833. The number of halogens is 1. The first-order chi connectivity index (χ1) is 4.81. The number of esters is 1. The third kappa shape index (κ3) is 5.50. The van der Waals surface area contributed by atoms with Crippen LogP contribution < -0.4 is 5.54 Å². The van der Waals surface area contributed by atoms with E-state index in [1.54, 1.807) is 0 Å². The smallest absolute Gasteiger partial charge is 0.322 e. The van der Waals surface area contributed by atoms with Gasteiger partial charge in [-0.25, -0.2) is 0 Å². The van der Waals surface area contributed by atoms with E-state index in [1.807, 2.05) is 6.92 Å². The highest BCUT2D eigenvalue weighted by molar-refractivity contribution is 5.71. The summed E-state index contributed by atoms with van der Waals surface area (Å²) >= 11 is 0. The first-order valence-corrected chi connectivity index (χ1v) is 3.30. The van der Waals surface area contributed by atoms with E-state index < -0.39 is 5.97 Å². The summed E-state index contributed by atoms with van der Waals surface area (Å²) in [6, 6.07) is 0. The highest BCUT2D eigenvalue weighted by Gasteiger charge is 1.98. The predicted molar refractivity (Wildman–Crippen MR) is 35.0 cm³/mol. The van der Waals surface area contributed by atoms with Gasteiger partial charge >= 0.3 is 5.97 Å². The zero-order chi connectivity index (χ0) is 7.82. The van der Waals surface area contributed by atoms with E-state index in [0.29, 0.717) is 6.61 Å². The molecule has 10 heavy (non-hydrogen) atoms. The molecule has 0 saturated carbocycles. The van der Waals surface area contributed by atoms with Gasteiger partial charge in [0.2, 0.25) is 0 Å². The summed E-state index contributed by atoms with van der Waals surface area (Å²) in [5, 5.41) is 0. The Labute approximate surface area is 59.5 Å². The molecule has 1 N–H and O–H groups in total. The van der Waals surface area contributed by atoms with Gasteiger partial charge in [0.25, 0.3) is 0 Å². The molecule has 4 heteroatoms. The van der Waals surface area contributed by atoms with Crippen molar-refractivity contribution >= 4 is 5.97 Å². The molecule has 0 amide bonds. The van der Waals surface area contributed by atoms with Crippen molar-refractivity contribution in [2.45, 2.75) is 19.8 Å². The largest absolute Gasteiger partial charge is 0.465 e. The number of carbonyl (C=O) groups is 1. The Kier molecular flexibility index (Phi) is 6.06. The molecule has 0 atom stereocenters. The lowest BCUT2D eigenvalue weighted by atomic mass is 10.4. The molecule has 0 bridgehead atoms. The SMILES string of the molecule is CCCCOC(=O)CNF. The van der Waals surface area contributed by atoms with Crippen LogP contribution >= 0.6 is 0 Å². The Bertz CT molecular complexity index is 97.7. The zero-order valence-corrected chi connectivity index (χ0v) is 6.02. The lowest BCUT2D eigenvalue weighted by molar-refractivity contribution is -0.143. The van der Waals surface area contributed by atoms with E-state index in [2.05, 4.69) is 4.74 Å². The maximum absolute atomic E-state index is 11.2. The number of hydrogen-bond acceptors (Lipinski definition) is 3. The van der Waals surface area contributed by atoms with Crippen molar-refractivity contribution in [1.29, 1.82) is 0 Å². The topological polar surface area (TPSA) is 38.3 Å². The minimum atomic E-state index is -0.545. The van der Waals surface area contributed by atoms with E-state index >= 15 is 0 Å². The molecule has 0 fully saturated rings. The second kappa shape index (κ2) is 6.48. The standard InChI is InChI=1S/C6H12FNO2/c1-2-3-4-10-6(9)5-8-7/h8H,2-5H2,1H3. The Balaban J connectivity index is 3.05. The van der Waals surface area contributed by atoms with Crippen molar-refractivity contribution < 1.29 is 14.0 Å². The monoisotopic (exact) mass is 149 g/mol. The predicted octanol–water partition coefficient (Wildman–Crippen LogP) is 0.804. The summed E-state index contributed by atoms with van der Waals surface area (Å²) in [7, 11) is 0. The van der Waals surface area contributed by atoms with Gasteiger partial charge in [0, 0.05) is 0 Å². The molecule has 0 aromatic carbocycles. The Morgan fingerprint density at radius 3 is 2.90 bits per heavy atom. The van der Waals surface area contributed by atoms with Gasteiger partial charge in [-0.3, -0.25) is 4.79 Å². The van der Waals surface area contributed by atoms with Gasteiger partial charge < -0.3 is 4.74 Å². The molecule has 0 rings (SSSR count). The van der Waals surface area contributed by atoms with Crippen LogP contribution in [0, 0.1) is 0 Å². The van der Waals surface area contributed by atoms with E-state index in [4.69, 9.17) is 0 Å². The molecule has 0 aliphatic rings. The van der Waals surface area contributed by atoms with Crippen LogP contribution in [0.2, 0.25) is 0 Å². The van der Waals surface area contributed by atoms with Gasteiger partial charge in [-0.15, -0.1) is 10.0 Å². The Morgan fingerprint density at radius 1 is 1.70 bits per heavy atom. The molecule has 0 aliphatic heterocycles. The first-order valence-electron chi connectivity index (χ1n) is 3.30. The molecule has 0 heterocycles. The van der Waals surface area contributed by atoms with Crippen molar-refractivity contribution in [3.63, 3.8) is 0 Å². The lowest BCUT2D eigenvalue weighted by Crippen LogP contribution is -2.18. The van der Waals surface area contributed by atoms with Crippen molar-refractivity contribution in [2.24, 2.45) is 0 Å². The average Bonchev–Trinajstić information content (AvgIpc) is 1.89. The first kappa shape index (κ1) is 9.36. The molecule has 0 aliphatic carbocycles. The molecule has 3 nitrogen and oxygen atoms in total. The molecule has 0 radical (unpaired) electrons. The fourth-order valence-electron chi connectivity index (χ4n) is 0.436. The second-order valence-electron chi connectivity index (χ2n) is 1.88. The summed E-state index contributed by atoms with van der Waals surface area (Å²) in [5.41, 5.74) is 1.22. The quantitative estimate of drug-likeness (QED) is 0.357. The van der Waals surface area contributed by atoms with Gasteiger partial charge in [0.1, 0.15) is 6.54 Å². The number of ether oxygens (including phenoxy) is 1. The Morgan fingerprint density at radius 2 is 2.40 bits per heavy atom. The molecule has 0 spiro atoms. The van der Waals surface area contributed by atoms with E-state index in [9.17, 15) is 9.28 Å². The van der Waals surface area contributed by atoms with E-state index in [0.717, 1.165) is 12.8 Å². The van der Waals surface area contributed by atoms with Crippen molar-refractivity contribution in [3.05, 3.63) is 0 Å². The van der Waals surface area contributed by atoms with Gasteiger partial charge in [-0.2, -0.15) is 0 Å². The molecule has 0 aromatic rings. The van der Waals surface area contributed by atoms with Crippen molar-refractivity contribution in [1.82, 2.24) is 5.54 Å². The molecular formula is C6H12FNO2. The van der Waals surface area contributed by atoms with Crippen LogP contribution in [0.5, 0.6) is 0 Å². The third-order valence-corrected chi connectivity index (χ3v) is 0.972. The zero-order valence-electron chi connectivity index (χ0n) is 6.02. The molecule has 0 unspecified atom stereocenters. The van der Waals surface area contributed by atoms with Gasteiger partial charge in [-0.1, -0.05) is 13.3 Å². The normalized spacial score (nSPS) is 9.40. The maximum Gasteiger partial charge on any atom is 0.322 e. The summed E-state index contributed by atoms with van der Waals surface area (Å²) < 4.78 is 15.8. The van der Waals surface area contributed by atoms with Crippen molar-refractivity contribution in [2.75, 3.05) is 13.2 Å². The summed E-state index contributed by atoms with van der Waals surface area (Å²) in [6.07, 6.45) is 1.80. The average molecular weight is 149 g/mol. The van der Waals surface area contributed by atoms with Gasteiger partial charge in [0.15, 0.2) is 0 Å². The summed E-state index contributed by atoms with van der Waals surface area (Å²) in [5.74, 6) is -0.545. The van der Waals surface area contributed by atoms with Crippen LogP contribution in [0.3, 0.4) is 0 Å². The van der Waals surface area contributed by atoms with Crippen LogP contribution in [0.4, 0.5) is 4.48 Å².